The predicted octanol–water partition coefficient (Wildman–Crippen LogP) is 4.97. The van der Waals surface area contributed by atoms with Crippen LogP contribution in [0.1, 0.15) is 33.9 Å². The number of aromatic nitrogens is 1. The number of carboxylic acids is 1. The van der Waals surface area contributed by atoms with Gasteiger partial charge in [-0.1, -0.05) is 48.0 Å². The molecule has 4 atom stereocenters. The van der Waals surface area contributed by atoms with Crippen LogP contribution >= 0.6 is 11.6 Å². The molecule has 4 unspecified atom stereocenters. The maximum absolute atomic E-state index is 14.2. The van der Waals surface area contributed by atoms with Crippen molar-refractivity contribution in [2.45, 2.75) is 38.8 Å². The molecule has 2 amide bonds. The van der Waals surface area contributed by atoms with Gasteiger partial charge in [0.15, 0.2) is 0 Å². The quantitative estimate of drug-likeness (QED) is 0.257. The Balaban J connectivity index is 1.54. The van der Waals surface area contributed by atoms with Gasteiger partial charge in [0.1, 0.15) is 11.3 Å². The molecule has 2 aliphatic heterocycles. The Morgan fingerprint density at radius 2 is 1.70 bits per heavy atom. The molecule has 2 aliphatic rings. The van der Waals surface area contributed by atoms with E-state index in [1.807, 2.05) is 31.2 Å². The third-order valence-electron chi connectivity index (χ3n) is 8.47. The standard InChI is InChI=1S/C31H28ClN3O5/c1-15-8-9-20(12-22(15)32)35-28(37)24-25(29(35)38)31(30(39)40,13-19-14-33-23-7-5-4-6-21(19)23)34-26(24)18-10-16(2)27(36)17(3)11-18/h4-12,14,24-26,33-34,36H,13H2,1-3H3,(H,39,40). The second-order valence-corrected chi connectivity index (χ2v) is 11.3. The number of halogens is 1. The number of carbonyl (C=O) groups is 3. The lowest BCUT2D eigenvalue weighted by molar-refractivity contribution is -0.148. The number of aliphatic carboxylic acids is 1. The van der Waals surface area contributed by atoms with Crippen LogP contribution in [0, 0.1) is 32.6 Å². The Bertz CT molecular complexity index is 1710. The van der Waals surface area contributed by atoms with Crippen LogP contribution in [0.3, 0.4) is 0 Å². The number of phenols is 1. The van der Waals surface area contributed by atoms with Crippen LogP contribution in [0.4, 0.5) is 5.69 Å². The molecule has 4 N–H and O–H groups in total. The SMILES string of the molecule is Cc1ccc(N2C(=O)C3C(c4cc(C)c(O)c(C)c4)NC(Cc4c[nH]c5ccccc45)(C(=O)O)C3C2=O)cc1Cl. The van der Waals surface area contributed by atoms with Crippen LogP contribution < -0.4 is 10.2 Å². The van der Waals surface area contributed by atoms with Gasteiger partial charge in [0.2, 0.25) is 11.8 Å². The average Bonchev–Trinajstić information content (AvgIpc) is 3.56. The van der Waals surface area contributed by atoms with Crippen molar-refractivity contribution in [3.63, 3.8) is 0 Å². The monoisotopic (exact) mass is 557 g/mol. The number of H-pyrrole nitrogens is 1. The number of phenolic OH excluding ortho intramolecular Hbond substituents is 1. The maximum Gasteiger partial charge on any atom is 0.325 e. The van der Waals surface area contributed by atoms with E-state index in [1.165, 1.54) is 0 Å². The van der Waals surface area contributed by atoms with Crippen molar-refractivity contribution in [3.8, 4) is 5.75 Å². The van der Waals surface area contributed by atoms with Crippen molar-refractivity contribution in [1.82, 2.24) is 10.3 Å². The van der Waals surface area contributed by atoms with E-state index in [-0.39, 0.29) is 12.2 Å². The minimum Gasteiger partial charge on any atom is -0.507 e. The summed E-state index contributed by atoms with van der Waals surface area (Å²) in [6, 6.07) is 15.2. The molecule has 0 bridgehead atoms. The number of imide groups is 1. The van der Waals surface area contributed by atoms with E-state index in [0.29, 0.717) is 27.4 Å². The zero-order valence-corrected chi connectivity index (χ0v) is 22.9. The molecular weight excluding hydrogens is 530 g/mol. The molecule has 3 aromatic carbocycles. The van der Waals surface area contributed by atoms with Crippen molar-refractivity contribution < 1.29 is 24.6 Å². The van der Waals surface area contributed by atoms with Crippen molar-refractivity contribution in [1.29, 1.82) is 0 Å². The van der Waals surface area contributed by atoms with Crippen LogP contribution in [0.15, 0.2) is 60.8 Å². The van der Waals surface area contributed by atoms with Gasteiger partial charge in [0.05, 0.1) is 17.5 Å². The van der Waals surface area contributed by atoms with Crippen LogP contribution in [-0.2, 0) is 20.8 Å². The molecule has 0 aliphatic carbocycles. The number of hydrogen-bond acceptors (Lipinski definition) is 5. The van der Waals surface area contributed by atoms with Crippen molar-refractivity contribution in [2.75, 3.05) is 4.90 Å². The number of nitrogens with one attached hydrogen (secondary N) is 2. The maximum atomic E-state index is 14.2. The molecule has 9 heteroatoms. The van der Waals surface area contributed by atoms with E-state index in [1.54, 1.807) is 50.4 Å². The number of fused-ring (bicyclic) bond motifs is 2. The number of aromatic amines is 1. The minimum absolute atomic E-state index is 0.0262. The summed E-state index contributed by atoms with van der Waals surface area (Å²) in [6.07, 6.45) is 1.73. The number of carbonyl (C=O) groups excluding carboxylic acids is 2. The third-order valence-corrected chi connectivity index (χ3v) is 8.87. The zero-order valence-electron chi connectivity index (χ0n) is 22.2. The molecule has 40 heavy (non-hydrogen) atoms. The highest BCUT2D eigenvalue weighted by Crippen LogP contribution is 2.52. The molecule has 204 valence electrons. The van der Waals surface area contributed by atoms with Crippen LogP contribution in [-0.4, -0.2) is 38.5 Å². The summed E-state index contributed by atoms with van der Waals surface area (Å²) in [5, 5.41) is 25.7. The summed E-state index contributed by atoms with van der Waals surface area (Å²) in [4.78, 5) is 45.8. The van der Waals surface area contributed by atoms with Gasteiger partial charge in [-0.3, -0.25) is 19.7 Å². The zero-order chi connectivity index (χ0) is 28.5. The number of anilines is 1. The lowest BCUT2D eigenvalue weighted by Gasteiger charge is -2.31. The highest BCUT2D eigenvalue weighted by molar-refractivity contribution is 6.32. The first-order valence-electron chi connectivity index (χ1n) is 13.0. The fraction of sp³-hybridized carbons (Fsp3) is 0.258. The second kappa shape index (κ2) is 9.21. The number of nitrogens with zero attached hydrogens (tertiary/aromatic N) is 1. The van der Waals surface area contributed by atoms with Crippen LogP contribution in [0.5, 0.6) is 5.75 Å². The molecule has 0 spiro atoms. The van der Waals surface area contributed by atoms with Gasteiger partial charge in [0.25, 0.3) is 0 Å². The van der Waals surface area contributed by atoms with Gasteiger partial charge in [0, 0.05) is 34.6 Å². The Kier molecular flexibility index (Phi) is 6.01. The normalized spacial score (nSPS) is 24.2. The molecule has 8 nitrogen and oxygen atoms in total. The molecule has 6 rings (SSSR count). The number of benzene rings is 3. The first-order chi connectivity index (χ1) is 19.0. The molecule has 2 fully saturated rings. The molecule has 0 saturated carbocycles. The Labute approximate surface area is 235 Å². The Morgan fingerprint density at radius 3 is 2.38 bits per heavy atom. The van der Waals surface area contributed by atoms with Gasteiger partial charge in [-0.25, -0.2) is 4.90 Å². The first kappa shape index (κ1) is 26.1. The fourth-order valence-electron chi connectivity index (χ4n) is 6.45. The number of aromatic hydroxyl groups is 1. The second-order valence-electron chi connectivity index (χ2n) is 10.9. The third kappa shape index (κ3) is 3.74. The minimum atomic E-state index is -1.78. The average molecular weight is 558 g/mol. The molecule has 1 aromatic heterocycles. The van der Waals surface area contributed by atoms with Crippen molar-refractivity contribution in [3.05, 3.63) is 93.6 Å². The number of para-hydroxylation sites is 1. The molecule has 0 radical (unpaired) electrons. The molecule has 4 aromatic rings. The van der Waals surface area contributed by atoms with Crippen molar-refractivity contribution in [2.24, 2.45) is 11.8 Å². The highest BCUT2D eigenvalue weighted by atomic mass is 35.5. The van der Waals surface area contributed by atoms with E-state index in [0.717, 1.165) is 26.9 Å². The summed E-state index contributed by atoms with van der Waals surface area (Å²) in [7, 11) is 0. The lowest BCUT2D eigenvalue weighted by atomic mass is 9.76. The molecular formula is C31H28ClN3O5. The van der Waals surface area contributed by atoms with E-state index >= 15 is 0 Å². The topological polar surface area (TPSA) is 123 Å². The van der Waals surface area contributed by atoms with Gasteiger partial charge >= 0.3 is 5.97 Å². The molecule has 3 heterocycles. The van der Waals surface area contributed by atoms with Crippen LogP contribution in [0.25, 0.3) is 10.9 Å². The molecule has 2 saturated heterocycles. The van der Waals surface area contributed by atoms with Gasteiger partial charge in [-0.2, -0.15) is 0 Å². The number of aryl methyl sites for hydroxylation is 3. The lowest BCUT2D eigenvalue weighted by Crippen LogP contribution is -2.57. The Hall–Kier alpha value is -4.14. The Morgan fingerprint density at radius 1 is 1.00 bits per heavy atom. The van der Waals surface area contributed by atoms with Crippen molar-refractivity contribution >= 4 is 46.0 Å². The first-order valence-corrected chi connectivity index (χ1v) is 13.4. The van der Waals surface area contributed by atoms with E-state index in [2.05, 4.69) is 10.3 Å². The summed E-state index contributed by atoms with van der Waals surface area (Å²) < 4.78 is 0. The van der Waals surface area contributed by atoms with E-state index in [9.17, 15) is 24.6 Å². The number of amides is 2. The number of rotatable bonds is 5. The summed E-state index contributed by atoms with van der Waals surface area (Å²) in [5.74, 6) is -4.33. The van der Waals surface area contributed by atoms with Gasteiger partial charge in [-0.15, -0.1) is 0 Å². The van der Waals surface area contributed by atoms with Crippen LogP contribution in [0.2, 0.25) is 5.02 Å². The van der Waals surface area contributed by atoms with E-state index < -0.39 is 41.2 Å². The largest absolute Gasteiger partial charge is 0.507 e. The van der Waals surface area contributed by atoms with E-state index in [4.69, 9.17) is 11.6 Å². The predicted molar refractivity (Wildman–Crippen MR) is 151 cm³/mol. The summed E-state index contributed by atoms with van der Waals surface area (Å²) >= 11 is 6.36. The van der Waals surface area contributed by atoms with Gasteiger partial charge in [-0.05, 0) is 66.8 Å². The van der Waals surface area contributed by atoms with Gasteiger partial charge < -0.3 is 15.2 Å². The summed E-state index contributed by atoms with van der Waals surface area (Å²) in [5.41, 5.74) is 2.71. The highest BCUT2D eigenvalue weighted by Gasteiger charge is 2.68. The summed E-state index contributed by atoms with van der Waals surface area (Å²) in [6.45, 7) is 5.31. The smallest absolute Gasteiger partial charge is 0.325 e. The number of hydrogen-bond donors (Lipinski definition) is 4. The fourth-order valence-corrected chi connectivity index (χ4v) is 6.62. The number of carboxylic acid groups (broad SMARTS) is 1.